The topological polar surface area (TPSA) is 116 Å². The maximum atomic E-state index is 11.5. The Labute approximate surface area is 117 Å². The summed E-state index contributed by atoms with van der Waals surface area (Å²) in [4.78, 5) is 11.5. The van der Waals surface area contributed by atoms with E-state index in [1.54, 1.807) is 5.48 Å². The fourth-order valence-electron chi connectivity index (χ4n) is 1.72. The molecule has 1 aromatic carbocycles. The minimum absolute atomic E-state index is 0.169. The first-order valence-electron chi connectivity index (χ1n) is 6.09. The van der Waals surface area contributed by atoms with Crippen LogP contribution in [0.25, 0.3) is 0 Å². The van der Waals surface area contributed by atoms with Gasteiger partial charge in [0.1, 0.15) is 0 Å². The average Bonchev–Trinajstić information content (AvgIpc) is 2.41. The number of benzene rings is 1. The zero-order valence-electron chi connectivity index (χ0n) is 10.8. The maximum absolute atomic E-state index is 11.5. The Morgan fingerprint density at radius 1 is 1.25 bits per heavy atom. The molecule has 0 fully saturated rings. The van der Waals surface area contributed by atoms with E-state index >= 15 is 0 Å². The molecule has 0 saturated heterocycles. The fraction of sp³-hybridized carbons (Fsp3) is 0.417. The Hall–Kier alpha value is -1.48. The molecule has 20 heavy (non-hydrogen) atoms. The summed E-state index contributed by atoms with van der Waals surface area (Å²) in [7, 11) is -4.00. The number of nitrogens with one attached hydrogen (secondary N) is 2. The molecule has 0 aromatic heterocycles. The Balaban J connectivity index is 2.51. The molecule has 1 aromatic rings. The van der Waals surface area contributed by atoms with Crippen molar-refractivity contribution in [3.05, 3.63) is 35.9 Å². The molecule has 0 aliphatic heterocycles. The van der Waals surface area contributed by atoms with Gasteiger partial charge >= 0.3 is 0 Å². The monoisotopic (exact) mass is 302 g/mol. The molecule has 0 radical (unpaired) electrons. The molecule has 1 atom stereocenters. The van der Waals surface area contributed by atoms with Crippen molar-refractivity contribution in [1.29, 1.82) is 0 Å². The maximum Gasteiger partial charge on any atom is 0.264 e. The van der Waals surface area contributed by atoms with Crippen molar-refractivity contribution in [2.24, 2.45) is 0 Å². The van der Waals surface area contributed by atoms with Gasteiger partial charge in [0.25, 0.3) is 16.0 Å². The van der Waals surface area contributed by atoms with Crippen LogP contribution in [0.4, 0.5) is 0 Å². The van der Waals surface area contributed by atoms with E-state index in [0.29, 0.717) is 6.42 Å². The van der Waals surface area contributed by atoms with Gasteiger partial charge in [-0.25, -0.2) is 5.48 Å². The quantitative estimate of drug-likeness (QED) is 0.232. The number of hydroxylamine groups is 1. The van der Waals surface area contributed by atoms with Crippen LogP contribution in [0.3, 0.4) is 0 Å². The summed E-state index contributed by atoms with van der Waals surface area (Å²) in [5.74, 6) is -0.973. The van der Waals surface area contributed by atoms with E-state index in [2.05, 4.69) is 5.32 Å². The van der Waals surface area contributed by atoms with Crippen LogP contribution in [0.2, 0.25) is 0 Å². The minimum atomic E-state index is -4.00. The summed E-state index contributed by atoms with van der Waals surface area (Å²) in [6, 6.07) is 8.53. The normalized spacial score (nSPS) is 12.9. The first kappa shape index (κ1) is 16.6. The van der Waals surface area contributed by atoms with Crippen LogP contribution in [-0.2, 0) is 21.3 Å². The molecule has 1 amide bonds. The van der Waals surface area contributed by atoms with E-state index in [1.165, 1.54) is 0 Å². The fourth-order valence-corrected chi connectivity index (χ4v) is 2.23. The average molecular weight is 302 g/mol. The highest BCUT2D eigenvalue weighted by molar-refractivity contribution is 7.85. The van der Waals surface area contributed by atoms with Crippen LogP contribution in [0.5, 0.6) is 0 Å². The van der Waals surface area contributed by atoms with E-state index in [1.807, 2.05) is 30.3 Å². The first-order valence-corrected chi connectivity index (χ1v) is 7.69. The number of hydrogen-bond acceptors (Lipinski definition) is 5. The molecule has 7 nitrogen and oxygen atoms in total. The van der Waals surface area contributed by atoms with Crippen molar-refractivity contribution in [1.82, 2.24) is 10.8 Å². The number of hydrogen-bond donors (Lipinski definition) is 4. The van der Waals surface area contributed by atoms with E-state index in [9.17, 15) is 13.2 Å². The van der Waals surface area contributed by atoms with E-state index in [-0.39, 0.29) is 18.7 Å². The molecule has 1 unspecified atom stereocenters. The van der Waals surface area contributed by atoms with Crippen LogP contribution in [-0.4, -0.2) is 42.4 Å². The Kier molecular flexibility index (Phi) is 6.59. The number of carbonyl (C=O) groups excluding carboxylic acids is 1. The van der Waals surface area contributed by atoms with Gasteiger partial charge in [-0.1, -0.05) is 30.3 Å². The van der Waals surface area contributed by atoms with Crippen molar-refractivity contribution in [3.8, 4) is 0 Å². The van der Waals surface area contributed by atoms with Gasteiger partial charge in [-0.3, -0.25) is 14.6 Å². The molecule has 0 saturated carbocycles. The molecule has 0 aliphatic carbocycles. The standard InChI is InChI=1S/C12H18N2O5S/c15-12(14-16)11(9-10-5-2-1-3-6-10)13-7-4-8-20(17,18)19/h1-3,5-6,11,13,16H,4,7-9H2,(H,14,15)(H,17,18,19). The second kappa shape index (κ2) is 7.95. The number of rotatable bonds is 8. The van der Waals surface area contributed by atoms with Crippen LogP contribution in [0.15, 0.2) is 30.3 Å². The van der Waals surface area contributed by atoms with Gasteiger partial charge in [0.2, 0.25) is 0 Å². The van der Waals surface area contributed by atoms with Gasteiger partial charge in [-0.05, 0) is 24.9 Å². The molecule has 0 spiro atoms. The molecule has 8 heteroatoms. The van der Waals surface area contributed by atoms with Crippen LogP contribution in [0, 0.1) is 0 Å². The van der Waals surface area contributed by atoms with Gasteiger partial charge in [-0.2, -0.15) is 8.42 Å². The lowest BCUT2D eigenvalue weighted by Gasteiger charge is -2.16. The third-order valence-electron chi connectivity index (χ3n) is 2.68. The van der Waals surface area contributed by atoms with Crippen molar-refractivity contribution >= 4 is 16.0 Å². The number of amides is 1. The van der Waals surface area contributed by atoms with Crippen LogP contribution >= 0.6 is 0 Å². The van der Waals surface area contributed by atoms with Crippen LogP contribution in [0.1, 0.15) is 12.0 Å². The van der Waals surface area contributed by atoms with Gasteiger partial charge in [-0.15, -0.1) is 0 Å². The molecule has 0 aliphatic rings. The van der Waals surface area contributed by atoms with Gasteiger partial charge in [0.05, 0.1) is 11.8 Å². The second-order valence-corrected chi connectivity index (χ2v) is 5.88. The molecule has 0 heterocycles. The van der Waals surface area contributed by atoms with Crippen molar-refractivity contribution in [2.75, 3.05) is 12.3 Å². The minimum Gasteiger partial charge on any atom is -0.305 e. The van der Waals surface area contributed by atoms with Crippen molar-refractivity contribution in [2.45, 2.75) is 18.9 Å². The summed E-state index contributed by atoms with van der Waals surface area (Å²) < 4.78 is 29.7. The Morgan fingerprint density at radius 2 is 1.90 bits per heavy atom. The Bertz CT molecular complexity index is 518. The third-order valence-corrected chi connectivity index (χ3v) is 3.48. The summed E-state index contributed by atoms with van der Waals surface area (Å²) in [5, 5.41) is 11.5. The summed E-state index contributed by atoms with van der Waals surface area (Å²) >= 11 is 0. The highest BCUT2D eigenvalue weighted by Gasteiger charge is 2.17. The zero-order chi connectivity index (χ0) is 15.0. The highest BCUT2D eigenvalue weighted by Crippen LogP contribution is 2.03. The lowest BCUT2D eigenvalue weighted by Crippen LogP contribution is -2.45. The summed E-state index contributed by atoms with van der Waals surface area (Å²) in [6.07, 6.45) is 0.530. The van der Waals surface area contributed by atoms with Gasteiger partial charge in [0, 0.05) is 0 Å². The number of carbonyl (C=O) groups is 1. The molecule has 1 rings (SSSR count). The smallest absolute Gasteiger partial charge is 0.264 e. The molecular formula is C12H18N2O5S. The first-order chi connectivity index (χ1) is 9.42. The van der Waals surface area contributed by atoms with Crippen molar-refractivity contribution in [3.63, 3.8) is 0 Å². The second-order valence-electron chi connectivity index (χ2n) is 4.31. The molecule has 112 valence electrons. The molecule has 0 bridgehead atoms. The van der Waals surface area contributed by atoms with Crippen molar-refractivity contribution < 1.29 is 23.0 Å². The van der Waals surface area contributed by atoms with Gasteiger partial charge < -0.3 is 5.32 Å². The zero-order valence-corrected chi connectivity index (χ0v) is 11.6. The molecule has 4 N–H and O–H groups in total. The summed E-state index contributed by atoms with van der Waals surface area (Å²) in [6.45, 7) is 0.227. The SMILES string of the molecule is O=C(NO)C(Cc1ccccc1)NCCCS(=O)(=O)O. The van der Waals surface area contributed by atoms with E-state index < -0.39 is 22.1 Å². The largest absolute Gasteiger partial charge is 0.305 e. The Morgan fingerprint density at radius 3 is 2.45 bits per heavy atom. The summed E-state index contributed by atoms with van der Waals surface area (Å²) in [5.41, 5.74) is 2.48. The molecular weight excluding hydrogens is 284 g/mol. The van der Waals surface area contributed by atoms with Crippen LogP contribution < -0.4 is 10.8 Å². The van der Waals surface area contributed by atoms with E-state index in [4.69, 9.17) is 9.76 Å². The predicted octanol–water partition coefficient (Wildman–Crippen LogP) is -0.0294. The lowest BCUT2D eigenvalue weighted by atomic mass is 10.1. The lowest BCUT2D eigenvalue weighted by molar-refractivity contribution is -0.131. The van der Waals surface area contributed by atoms with E-state index in [0.717, 1.165) is 5.56 Å². The predicted molar refractivity (Wildman–Crippen MR) is 72.9 cm³/mol. The van der Waals surface area contributed by atoms with Gasteiger partial charge in [0.15, 0.2) is 0 Å². The third kappa shape index (κ3) is 6.62. The highest BCUT2D eigenvalue weighted by atomic mass is 32.2.